The number of hydrogen-bond acceptors (Lipinski definition) is 2. The molecular weight excluding hydrogens is 209 g/mol. The van der Waals surface area contributed by atoms with Crippen LogP contribution in [0.25, 0.3) is 0 Å². The highest BCUT2D eigenvalue weighted by atomic mass is 19.1. The van der Waals surface area contributed by atoms with Crippen LogP contribution < -0.4 is 5.32 Å². The highest BCUT2D eigenvalue weighted by Crippen LogP contribution is 2.17. The van der Waals surface area contributed by atoms with Gasteiger partial charge in [-0.2, -0.15) is 0 Å². The fourth-order valence-corrected chi connectivity index (χ4v) is 1.18. The second-order valence-corrected chi connectivity index (χ2v) is 3.23. The molecule has 0 saturated carbocycles. The van der Waals surface area contributed by atoms with Crippen molar-refractivity contribution in [2.75, 3.05) is 6.54 Å². The second kappa shape index (κ2) is 5.76. The Balaban J connectivity index is 2.57. The van der Waals surface area contributed by atoms with Crippen molar-refractivity contribution < 1.29 is 14.3 Å². The van der Waals surface area contributed by atoms with E-state index in [-0.39, 0.29) is 11.3 Å². The molecule has 0 heterocycles. The summed E-state index contributed by atoms with van der Waals surface area (Å²) in [5.74, 6) is 1.07. The molecule has 0 fully saturated rings. The average Bonchev–Trinajstić information content (AvgIpc) is 2.24. The van der Waals surface area contributed by atoms with Gasteiger partial charge < -0.3 is 10.4 Å². The standard InChI is InChI=1S/C12H12FNO2/c1-2-3-4-7-14-12(16)10-6-5-9(13)8-11(10)15/h1,5-6,8,15H,3-4,7H2,(H,14,16). The van der Waals surface area contributed by atoms with E-state index in [0.29, 0.717) is 19.4 Å². The fourth-order valence-electron chi connectivity index (χ4n) is 1.18. The SMILES string of the molecule is C#CCCCNC(=O)c1ccc(F)cc1O. The molecule has 16 heavy (non-hydrogen) atoms. The van der Waals surface area contributed by atoms with E-state index in [1.807, 2.05) is 0 Å². The van der Waals surface area contributed by atoms with Crippen LogP contribution in [0.15, 0.2) is 18.2 Å². The number of phenols is 1. The Labute approximate surface area is 93.3 Å². The zero-order valence-electron chi connectivity index (χ0n) is 8.66. The van der Waals surface area contributed by atoms with Gasteiger partial charge in [0, 0.05) is 19.0 Å². The van der Waals surface area contributed by atoms with Crippen LogP contribution in [0, 0.1) is 18.2 Å². The molecule has 0 aromatic heterocycles. The molecule has 0 bridgehead atoms. The lowest BCUT2D eigenvalue weighted by Crippen LogP contribution is -2.24. The fraction of sp³-hybridized carbons (Fsp3) is 0.250. The van der Waals surface area contributed by atoms with Crippen LogP contribution >= 0.6 is 0 Å². The highest BCUT2D eigenvalue weighted by molar-refractivity contribution is 5.96. The highest BCUT2D eigenvalue weighted by Gasteiger charge is 2.10. The van der Waals surface area contributed by atoms with Gasteiger partial charge in [0.15, 0.2) is 0 Å². The molecule has 4 heteroatoms. The number of benzene rings is 1. The number of unbranched alkanes of at least 4 members (excludes halogenated alkanes) is 1. The Kier molecular flexibility index (Phi) is 4.34. The van der Waals surface area contributed by atoms with E-state index in [9.17, 15) is 14.3 Å². The summed E-state index contributed by atoms with van der Waals surface area (Å²) in [6, 6.07) is 3.26. The van der Waals surface area contributed by atoms with Crippen LogP contribution in [0.3, 0.4) is 0 Å². The molecular formula is C12H12FNO2. The molecule has 1 rings (SSSR count). The Hall–Kier alpha value is -2.02. The van der Waals surface area contributed by atoms with E-state index in [4.69, 9.17) is 6.42 Å². The van der Waals surface area contributed by atoms with Gasteiger partial charge in [0.05, 0.1) is 5.56 Å². The predicted molar refractivity (Wildman–Crippen MR) is 58.5 cm³/mol. The summed E-state index contributed by atoms with van der Waals surface area (Å²) in [4.78, 5) is 11.5. The van der Waals surface area contributed by atoms with E-state index in [1.165, 1.54) is 6.07 Å². The molecule has 0 aliphatic carbocycles. The monoisotopic (exact) mass is 221 g/mol. The quantitative estimate of drug-likeness (QED) is 0.600. The molecule has 3 nitrogen and oxygen atoms in total. The van der Waals surface area contributed by atoms with Gasteiger partial charge in [0.2, 0.25) is 0 Å². The second-order valence-electron chi connectivity index (χ2n) is 3.23. The van der Waals surface area contributed by atoms with Crippen LogP contribution in [0.5, 0.6) is 5.75 Å². The third-order valence-electron chi connectivity index (χ3n) is 1.99. The third-order valence-corrected chi connectivity index (χ3v) is 1.99. The number of carbonyl (C=O) groups is 1. The Morgan fingerprint density at radius 2 is 2.31 bits per heavy atom. The number of hydrogen-bond donors (Lipinski definition) is 2. The molecule has 1 aromatic rings. The first-order valence-electron chi connectivity index (χ1n) is 4.85. The first-order valence-corrected chi connectivity index (χ1v) is 4.85. The first-order chi connectivity index (χ1) is 7.65. The Bertz CT molecular complexity index is 424. The summed E-state index contributed by atoms with van der Waals surface area (Å²) >= 11 is 0. The van der Waals surface area contributed by atoms with Gasteiger partial charge in [0.1, 0.15) is 11.6 Å². The average molecular weight is 221 g/mol. The van der Waals surface area contributed by atoms with Crippen molar-refractivity contribution in [3.63, 3.8) is 0 Å². The predicted octanol–water partition coefficient (Wildman–Crippen LogP) is 1.67. The smallest absolute Gasteiger partial charge is 0.255 e. The summed E-state index contributed by atoms with van der Waals surface area (Å²) in [6.45, 7) is 0.430. The van der Waals surface area contributed by atoms with Crippen molar-refractivity contribution in [3.05, 3.63) is 29.6 Å². The zero-order chi connectivity index (χ0) is 12.0. The largest absolute Gasteiger partial charge is 0.507 e. The lowest BCUT2D eigenvalue weighted by molar-refractivity contribution is 0.0950. The lowest BCUT2D eigenvalue weighted by Gasteiger charge is -2.05. The molecule has 0 aliphatic rings. The number of phenolic OH excluding ortho intramolecular Hbond substituents is 1. The molecule has 1 aromatic carbocycles. The summed E-state index contributed by atoms with van der Waals surface area (Å²) in [7, 11) is 0. The molecule has 0 saturated heterocycles. The van der Waals surface area contributed by atoms with Crippen molar-refractivity contribution in [1.29, 1.82) is 0 Å². The minimum Gasteiger partial charge on any atom is -0.507 e. The van der Waals surface area contributed by atoms with Crippen molar-refractivity contribution in [1.82, 2.24) is 5.32 Å². The van der Waals surface area contributed by atoms with Crippen molar-refractivity contribution in [2.45, 2.75) is 12.8 Å². The number of nitrogens with one attached hydrogen (secondary N) is 1. The summed E-state index contributed by atoms with van der Waals surface area (Å²) in [5.41, 5.74) is 0.0575. The van der Waals surface area contributed by atoms with Gasteiger partial charge in [-0.15, -0.1) is 12.3 Å². The maximum Gasteiger partial charge on any atom is 0.255 e. The van der Waals surface area contributed by atoms with Crippen LogP contribution in [0.4, 0.5) is 4.39 Å². The normalized spacial score (nSPS) is 9.50. The number of amides is 1. The molecule has 84 valence electrons. The number of halogens is 1. The van der Waals surface area contributed by atoms with E-state index in [0.717, 1.165) is 12.1 Å². The number of terminal acetylenes is 1. The van der Waals surface area contributed by atoms with Gasteiger partial charge in [-0.3, -0.25) is 4.79 Å². The van der Waals surface area contributed by atoms with Gasteiger partial charge in [-0.05, 0) is 18.6 Å². The molecule has 0 atom stereocenters. The minimum atomic E-state index is -0.582. The minimum absolute atomic E-state index is 0.0575. The zero-order valence-corrected chi connectivity index (χ0v) is 8.66. The van der Waals surface area contributed by atoms with Gasteiger partial charge in [0.25, 0.3) is 5.91 Å². The van der Waals surface area contributed by atoms with Crippen LogP contribution in [0.1, 0.15) is 23.2 Å². The van der Waals surface area contributed by atoms with Crippen molar-refractivity contribution in [3.8, 4) is 18.1 Å². The van der Waals surface area contributed by atoms with Crippen LogP contribution in [0.2, 0.25) is 0 Å². The topological polar surface area (TPSA) is 49.3 Å². The molecule has 0 aliphatic heterocycles. The number of rotatable bonds is 4. The third kappa shape index (κ3) is 3.28. The van der Waals surface area contributed by atoms with E-state index < -0.39 is 11.7 Å². The van der Waals surface area contributed by atoms with Crippen LogP contribution in [-0.2, 0) is 0 Å². The molecule has 0 spiro atoms. The van der Waals surface area contributed by atoms with Crippen molar-refractivity contribution in [2.24, 2.45) is 0 Å². The lowest BCUT2D eigenvalue weighted by atomic mass is 10.2. The van der Waals surface area contributed by atoms with Gasteiger partial charge in [-0.25, -0.2) is 4.39 Å². The summed E-state index contributed by atoms with van der Waals surface area (Å²) < 4.78 is 12.6. The number of carbonyl (C=O) groups excluding carboxylic acids is 1. The summed E-state index contributed by atoms with van der Waals surface area (Å²) in [5, 5.41) is 11.9. The maximum absolute atomic E-state index is 12.6. The van der Waals surface area contributed by atoms with Crippen molar-refractivity contribution >= 4 is 5.91 Å². The molecule has 0 radical (unpaired) electrons. The molecule has 2 N–H and O–H groups in total. The molecule has 0 unspecified atom stereocenters. The number of aromatic hydroxyl groups is 1. The van der Waals surface area contributed by atoms with Crippen LogP contribution in [-0.4, -0.2) is 17.6 Å². The Morgan fingerprint density at radius 3 is 2.94 bits per heavy atom. The maximum atomic E-state index is 12.6. The summed E-state index contributed by atoms with van der Waals surface area (Å²) in [6.07, 6.45) is 6.30. The van der Waals surface area contributed by atoms with E-state index in [2.05, 4.69) is 11.2 Å². The van der Waals surface area contributed by atoms with E-state index in [1.54, 1.807) is 0 Å². The van der Waals surface area contributed by atoms with Gasteiger partial charge >= 0.3 is 0 Å². The van der Waals surface area contributed by atoms with E-state index >= 15 is 0 Å². The van der Waals surface area contributed by atoms with Gasteiger partial charge in [-0.1, -0.05) is 0 Å². The Morgan fingerprint density at radius 1 is 1.56 bits per heavy atom. The first kappa shape index (κ1) is 12.1. The molecule has 1 amide bonds.